The predicted octanol–water partition coefficient (Wildman–Crippen LogP) is 1.09. The standard InChI is InChI=1S/C12H21N5OS/c1-2-11(18-8-1)5-9-19-12-14-15-16-17(12)7-6-13-10-3-4-10/h10-11,13H,1-9H2. The molecule has 2 aliphatic rings. The number of thioether (sulfide) groups is 1. The number of tetrazole rings is 1. The Balaban J connectivity index is 1.37. The maximum Gasteiger partial charge on any atom is 0.209 e. The van der Waals surface area contributed by atoms with Crippen LogP contribution in [-0.4, -0.2) is 51.3 Å². The van der Waals surface area contributed by atoms with E-state index >= 15 is 0 Å². The average Bonchev–Trinajstić information content (AvgIpc) is 2.90. The number of hydrogen-bond acceptors (Lipinski definition) is 6. The van der Waals surface area contributed by atoms with Gasteiger partial charge in [-0.05, 0) is 42.5 Å². The monoisotopic (exact) mass is 283 g/mol. The van der Waals surface area contributed by atoms with Crippen molar-refractivity contribution in [3.63, 3.8) is 0 Å². The molecule has 2 fully saturated rings. The molecular weight excluding hydrogens is 262 g/mol. The molecule has 0 spiro atoms. The number of hydrogen-bond donors (Lipinski definition) is 1. The number of nitrogens with zero attached hydrogens (tertiary/aromatic N) is 4. The molecule has 0 bridgehead atoms. The minimum atomic E-state index is 0.452. The smallest absolute Gasteiger partial charge is 0.209 e. The first-order valence-electron chi connectivity index (χ1n) is 7.16. The maximum absolute atomic E-state index is 5.62. The van der Waals surface area contributed by atoms with Crippen LogP contribution in [0.3, 0.4) is 0 Å². The van der Waals surface area contributed by atoms with E-state index in [1.807, 2.05) is 4.68 Å². The van der Waals surface area contributed by atoms with Gasteiger partial charge in [-0.15, -0.1) is 5.10 Å². The van der Waals surface area contributed by atoms with E-state index in [0.29, 0.717) is 6.10 Å². The molecule has 1 unspecified atom stereocenters. The quantitative estimate of drug-likeness (QED) is 0.720. The second-order valence-corrected chi connectivity index (χ2v) is 6.25. The fourth-order valence-corrected chi connectivity index (χ4v) is 3.19. The summed E-state index contributed by atoms with van der Waals surface area (Å²) >= 11 is 1.73. The highest BCUT2D eigenvalue weighted by molar-refractivity contribution is 7.99. The zero-order valence-electron chi connectivity index (χ0n) is 11.1. The lowest BCUT2D eigenvalue weighted by atomic mass is 10.2. The van der Waals surface area contributed by atoms with Crippen molar-refractivity contribution in [1.29, 1.82) is 0 Å². The van der Waals surface area contributed by atoms with Crippen LogP contribution in [0.2, 0.25) is 0 Å². The fraction of sp³-hybridized carbons (Fsp3) is 0.917. The third kappa shape index (κ3) is 4.15. The third-order valence-electron chi connectivity index (χ3n) is 3.53. The Labute approximate surface area is 117 Å². The molecule has 2 heterocycles. The van der Waals surface area contributed by atoms with Crippen LogP contribution in [-0.2, 0) is 11.3 Å². The molecule has 1 saturated heterocycles. The molecule has 0 aromatic carbocycles. The van der Waals surface area contributed by atoms with Gasteiger partial charge in [-0.3, -0.25) is 0 Å². The summed E-state index contributed by atoms with van der Waals surface area (Å²) in [5.74, 6) is 1.03. The van der Waals surface area contributed by atoms with Crippen molar-refractivity contribution in [2.75, 3.05) is 18.9 Å². The number of aromatic nitrogens is 4. The van der Waals surface area contributed by atoms with Gasteiger partial charge in [-0.1, -0.05) is 11.8 Å². The molecule has 106 valence electrons. The second-order valence-electron chi connectivity index (χ2n) is 5.19. The topological polar surface area (TPSA) is 64.9 Å². The Hall–Kier alpha value is -0.660. The Kier molecular flexibility index (Phi) is 4.68. The third-order valence-corrected chi connectivity index (χ3v) is 4.52. The molecule has 1 N–H and O–H groups in total. The molecular formula is C12H21N5OS. The minimum absolute atomic E-state index is 0.452. The van der Waals surface area contributed by atoms with Crippen molar-refractivity contribution in [2.45, 2.75) is 56.0 Å². The molecule has 1 aromatic heterocycles. The van der Waals surface area contributed by atoms with Gasteiger partial charge in [-0.2, -0.15) is 0 Å². The van der Waals surface area contributed by atoms with Gasteiger partial charge >= 0.3 is 0 Å². The summed E-state index contributed by atoms with van der Waals surface area (Å²) in [5, 5.41) is 16.3. The van der Waals surface area contributed by atoms with Crippen LogP contribution in [0.25, 0.3) is 0 Å². The molecule has 19 heavy (non-hydrogen) atoms. The molecule has 6 nitrogen and oxygen atoms in total. The molecule has 1 aromatic rings. The highest BCUT2D eigenvalue weighted by Gasteiger charge is 2.20. The van der Waals surface area contributed by atoms with Crippen LogP contribution in [0.1, 0.15) is 32.1 Å². The molecule has 7 heteroatoms. The largest absolute Gasteiger partial charge is 0.378 e. The fourth-order valence-electron chi connectivity index (χ4n) is 2.26. The van der Waals surface area contributed by atoms with E-state index in [9.17, 15) is 0 Å². The van der Waals surface area contributed by atoms with E-state index in [1.165, 1.54) is 25.7 Å². The van der Waals surface area contributed by atoms with Crippen LogP contribution in [0, 0.1) is 0 Å². The van der Waals surface area contributed by atoms with E-state index in [-0.39, 0.29) is 0 Å². The van der Waals surface area contributed by atoms with Crippen LogP contribution in [0.4, 0.5) is 0 Å². The van der Waals surface area contributed by atoms with Crippen molar-refractivity contribution in [3.8, 4) is 0 Å². The summed E-state index contributed by atoms with van der Waals surface area (Å²) in [6.45, 7) is 2.74. The molecule has 1 saturated carbocycles. The predicted molar refractivity (Wildman–Crippen MR) is 73.2 cm³/mol. The van der Waals surface area contributed by atoms with Gasteiger partial charge in [0.05, 0.1) is 12.6 Å². The van der Waals surface area contributed by atoms with Crippen molar-refractivity contribution in [3.05, 3.63) is 0 Å². The van der Waals surface area contributed by atoms with E-state index < -0.39 is 0 Å². The molecule has 0 radical (unpaired) electrons. The summed E-state index contributed by atoms with van der Waals surface area (Å²) in [5.41, 5.74) is 0. The average molecular weight is 283 g/mol. The van der Waals surface area contributed by atoms with E-state index in [0.717, 1.165) is 43.1 Å². The summed E-state index contributed by atoms with van der Waals surface area (Å²) in [4.78, 5) is 0. The zero-order valence-corrected chi connectivity index (χ0v) is 11.9. The lowest BCUT2D eigenvalue weighted by Crippen LogP contribution is -2.22. The van der Waals surface area contributed by atoms with Gasteiger partial charge in [0.1, 0.15) is 0 Å². The van der Waals surface area contributed by atoms with Crippen molar-refractivity contribution in [2.24, 2.45) is 0 Å². The Bertz CT molecular complexity index is 389. The Morgan fingerprint density at radius 2 is 2.32 bits per heavy atom. The normalized spacial score (nSPS) is 23.1. The molecule has 1 atom stereocenters. The Morgan fingerprint density at radius 3 is 3.11 bits per heavy atom. The lowest BCUT2D eigenvalue weighted by Gasteiger charge is -2.08. The molecule has 3 rings (SSSR count). The molecule has 0 amide bonds. The summed E-state index contributed by atoms with van der Waals surface area (Å²) in [6.07, 6.45) is 6.60. The summed E-state index contributed by atoms with van der Waals surface area (Å²) < 4.78 is 7.52. The van der Waals surface area contributed by atoms with Crippen LogP contribution in [0.5, 0.6) is 0 Å². The summed E-state index contributed by atoms with van der Waals surface area (Å²) in [6, 6.07) is 0.743. The first kappa shape index (κ1) is 13.3. The van der Waals surface area contributed by atoms with Gasteiger partial charge in [0, 0.05) is 24.9 Å². The minimum Gasteiger partial charge on any atom is -0.378 e. The lowest BCUT2D eigenvalue weighted by molar-refractivity contribution is 0.109. The van der Waals surface area contributed by atoms with Gasteiger partial charge in [0.25, 0.3) is 0 Å². The second kappa shape index (κ2) is 6.67. The van der Waals surface area contributed by atoms with E-state index in [1.54, 1.807) is 11.8 Å². The highest BCUT2D eigenvalue weighted by atomic mass is 32.2. The molecule has 1 aliphatic heterocycles. The van der Waals surface area contributed by atoms with Gasteiger partial charge < -0.3 is 10.1 Å². The highest BCUT2D eigenvalue weighted by Crippen LogP contribution is 2.21. The van der Waals surface area contributed by atoms with Crippen molar-refractivity contribution < 1.29 is 4.74 Å². The van der Waals surface area contributed by atoms with Gasteiger partial charge in [0.2, 0.25) is 5.16 Å². The van der Waals surface area contributed by atoms with Crippen LogP contribution in [0.15, 0.2) is 5.16 Å². The van der Waals surface area contributed by atoms with Crippen LogP contribution < -0.4 is 5.32 Å². The zero-order chi connectivity index (χ0) is 12.9. The van der Waals surface area contributed by atoms with Crippen LogP contribution >= 0.6 is 11.8 Å². The Morgan fingerprint density at radius 1 is 1.37 bits per heavy atom. The first-order chi connectivity index (χ1) is 9.42. The van der Waals surface area contributed by atoms with Gasteiger partial charge in [-0.25, -0.2) is 4.68 Å². The SMILES string of the molecule is C1COC(CCSc2nnnn2CCNC2CC2)C1. The first-order valence-corrected chi connectivity index (χ1v) is 8.14. The summed E-state index contributed by atoms with van der Waals surface area (Å²) in [7, 11) is 0. The van der Waals surface area contributed by atoms with E-state index in [2.05, 4.69) is 20.8 Å². The van der Waals surface area contributed by atoms with Crippen molar-refractivity contribution in [1.82, 2.24) is 25.5 Å². The van der Waals surface area contributed by atoms with Gasteiger partial charge in [0.15, 0.2) is 0 Å². The van der Waals surface area contributed by atoms with E-state index in [4.69, 9.17) is 4.74 Å². The molecule has 1 aliphatic carbocycles. The van der Waals surface area contributed by atoms with Crippen molar-refractivity contribution >= 4 is 11.8 Å². The maximum atomic E-state index is 5.62. The number of nitrogens with one attached hydrogen (secondary N) is 1. The number of ether oxygens (including phenoxy) is 1. The number of rotatable bonds is 8.